The first-order valence-corrected chi connectivity index (χ1v) is 4.32. The molecule has 1 heterocycles. The largest absolute Gasteiger partial charge is 0.351 e. The van der Waals surface area contributed by atoms with Crippen molar-refractivity contribution in [2.24, 2.45) is 0 Å². The number of rotatable bonds is 1. The van der Waals surface area contributed by atoms with Gasteiger partial charge in [-0.25, -0.2) is 0 Å². The summed E-state index contributed by atoms with van der Waals surface area (Å²) in [5.74, 6) is 0. The minimum absolute atomic E-state index is 0.558. The molecule has 0 aliphatic rings. The van der Waals surface area contributed by atoms with Crippen LogP contribution in [0.1, 0.15) is 16.1 Å². The van der Waals surface area contributed by atoms with E-state index in [-0.39, 0.29) is 0 Å². The normalized spacial score (nSPS) is 10.6. The van der Waals surface area contributed by atoms with Crippen LogP contribution >= 0.6 is 11.6 Å². The third-order valence-electron chi connectivity index (χ3n) is 1.97. The van der Waals surface area contributed by atoms with Gasteiger partial charge in [0.25, 0.3) is 0 Å². The molecule has 0 saturated carbocycles. The Bertz CT molecular complexity index is 473. The number of hydrogen-bond donors (Lipinski definition) is 1. The second-order valence-corrected chi connectivity index (χ2v) is 3.46. The number of carbonyl (C=O) groups is 1. The first-order chi connectivity index (χ1) is 6.20. The van der Waals surface area contributed by atoms with Crippen molar-refractivity contribution in [1.29, 1.82) is 0 Å². The Morgan fingerprint density at radius 2 is 2.15 bits per heavy atom. The van der Waals surface area contributed by atoms with Gasteiger partial charge in [0.1, 0.15) is 0 Å². The summed E-state index contributed by atoms with van der Waals surface area (Å²) in [5, 5.41) is 1.63. The standard InChI is InChI=1S/C10H8ClNO/c1-6-2-7-4-8(5-13)12-10(7)9(11)3-6/h2-5,12H,1H3. The molecule has 3 heteroatoms. The number of aldehydes is 1. The van der Waals surface area contributed by atoms with E-state index in [0.29, 0.717) is 10.7 Å². The molecule has 2 nitrogen and oxygen atoms in total. The Hall–Kier alpha value is -1.28. The van der Waals surface area contributed by atoms with Gasteiger partial charge in [0, 0.05) is 5.39 Å². The number of halogens is 1. The van der Waals surface area contributed by atoms with Gasteiger partial charge in [-0.15, -0.1) is 0 Å². The molecule has 0 radical (unpaired) electrons. The summed E-state index contributed by atoms with van der Waals surface area (Å²) in [6.45, 7) is 1.97. The van der Waals surface area contributed by atoms with Crippen LogP contribution in [0.3, 0.4) is 0 Å². The maximum atomic E-state index is 10.5. The molecular weight excluding hydrogens is 186 g/mol. The minimum atomic E-state index is 0.558. The SMILES string of the molecule is Cc1cc(Cl)c2[nH]c(C=O)cc2c1. The Kier molecular flexibility index (Phi) is 1.85. The lowest BCUT2D eigenvalue weighted by molar-refractivity contribution is 0.112. The number of benzene rings is 1. The van der Waals surface area contributed by atoms with Gasteiger partial charge in [0.2, 0.25) is 0 Å². The zero-order valence-corrected chi connectivity index (χ0v) is 7.85. The highest BCUT2D eigenvalue weighted by molar-refractivity contribution is 6.35. The summed E-state index contributed by atoms with van der Waals surface area (Å²) < 4.78 is 0. The third kappa shape index (κ3) is 1.33. The van der Waals surface area contributed by atoms with Gasteiger partial charge in [-0.05, 0) is 30.7 Å². The van der Waals surface area contributed by atoms with Gasteiger partial charge in [0.05, 0.1) is 16.2 Å². The lowest BCUT2D eigenvalue weighted by Crippen LogP contribution is -1.76. The van der Waals surface area contributed by atoms with Crippen molar-refractivity contribution in [3.63, 3.8) is 0 Å². The van der Waals surface area contributed by atoms with E-state index in [1.807, 2.05) is 19.1 Å². The molecule has 2 rings (SSSR count). The molecule has 0 spiro atoms. The number of H-pyrrole nitrogens is 1. The fraction of sp³-hybridized carbons (Fsp3) is 0.100. The minimum Gasteiger partial charge on any atom is -0.351 e. The molecule has 0 unspecified atom stereocenters. The van der Waals surface area contributed by atoms with Crippen LogP contribution in [0, 0.1) is 6.92 Å². The van der Waals surface area contributed by atoms with Crippen LogP contribution in [0.25, 0.3) is 10.9 Å². The van der Waals surface area contributed by atoms with Crippen LogP contribution < -0.4 is 0 Å². The predicted octanol–water partition coefficient (Wildman–Crippen LogP) is 2.94. The Balaban J connectivity index is 2.82. The van der Waals surface area contributed by atoms with Crippen LogP contribution in [-0.2, 0) is 0 Å². The van der Waals surface area contributed by atoms with E-state index < -0.39 is 0 Å². The van der Waals surface area contributed by atoms with Crippen LogP contribution in [0.15, 0.2) is 18.2 Å². The van der Waals surface area contributed by atoms with E-state index in [2.05, 4.69) is 4.98 Å². The summed E-state index contributed by atoms with van der Waals surface area (Å²) >= 11 is 5.99. The smallest absolute Gasteiger partial charge is 0.166 e. The van der Waals surface area contributed by atoms with Gasteiger partial charge in [-0.2, -0.15) is 0 Å². The zero-order valence-electron chi connectivity index (χ0n) is 7.10. The van der Waals surface area contributed by atoms with Crippen molar-refractivity contribution in [2.45, 2.75) is 6.92 Å². The fourth-order valence-electron chi connectivity index (χ4n) is 1.43. The van der Waals surface area contributed by atoms with E-state index in [0.717, 1.165) is 22.8 Å². The van der Waals surface area contributed by atoms with Crippen molar-refractivity contribution >= 4 is 28.8 Å². The van der Waals surface area contributed by atoms with Gasteiger partial charge in [-0.3, -0.25) is 4.79 Å². The Labute approximate surface area is 80.5 Å². The van der Waals surface area contributed by atoms with Gasteiger partial charge in [-0.1, -0.05) is 11.6 Å². The lowest BCUT2D eigenvalue weighted by Gasteiger charge is -1.95. The average molecular weight is 194 g/mol. The molecule has 0 saturated heterocycles. The molecule has 0 aliphatic carbocycles. The molecule has 66 valence electrons. The topological polar surface area (TPSA) is 32.9 Å². The number of aromatic amines is 1. The Morgan fingerprint density at radius 3 is 2.85 bits per heavy atom. The highest BCUT2D eigenvalue weighted by Gasteiger charge is 2.03. The maximum Gasteiger partial charge on any atom is 0.166 e. The van der Waals surface area contributed by atoms with Crippen LogP contribution in [-0.4, -0.2) is 11.3 Å². The van der Waals surface area contributed by atoms with Gasteiger partial charge >= 0.3 is 0 Å². The molecule has 1 aromatic carbocycles. The van der Waals surface area contributed by atoms with E-state index in [1.165, 1.54) is 0 Å². The van der Waals surface area contributed by atoms with Gasteiger partial charge in [0.15, 0.2) is 6.29 Å². The molecule has 0 bridgehead atoms. The number of aryl methyl sites for hydroxylation is 1. The predicted molar refractivity (Wildman–Crippen MR) is 53.4 cm³/mol. The summed E-state index contributed by atoms with van der Waals surface area (Å²) in [6, 6.07) is 5.65. The van der Waals surface area contributed by atoms with Crippen LogP contribution in [0.2, 0.25) is 5.02 Å². The van der Waals surface area contributed by atoms with Crippen molar-refractivity contribution < 1.29 is 4.79 Å². The van der Waals surface area contributed by atoms with Crippen molar-refractivity contribution in [3.05, 3.63) is 34.5 Å². The lowest BCUT2D eigenvalue weighted by atomic mass is 10.2. The first kappa shape index (κ1) is 8.32. The zero-order chi connectivity index (χ0) is 9.42. The Morgan fingerprint density at radius 1 is 1.38 bits per heavy atom. The molecule has 0 atom stereocenters. The summed E-state index contributed by atoms with van der Waals surface area (Å²) in [7, 11) is 0. The molecule has 13 heavy (non-hydrogen) atoms. The number of hydrogen-bond acceptors (Lipinski definition) is 1. The first-order valence-electron chi connectivity index (χ1n) is 3.95. The van der Waals surface area contributed by atoms with Crippen molar-refractivity contribution in [2.75, 3.05) is 0 Å². The molecule has 1 aromatic heterocycles. The summed E-state index contributed by atoms with van der Waals surface area (Å²) in [4.78, 5) is 13.4. The maximum absolute atomic E-state index is 10.5. The van der Waals surface area contributed by atoms with Crippen molar-refractivity contribution in [1.82, 2.24) is 4.98 Å². The number of fused-ring (bicyclic) bond motifs is 1. The third-order valence-corrected chi connectivity index (χ3v) is 2.27. The highest BCUT2D eigenvalue weighted by atomic mass is 35.5. The van der Waals surface area contributed by atoms with Gasteiger partial charge < -0.3 is 4.98 Å². The average Bonchev–Trinajstić information content (AvgIpc) is 2.47. The number of aromatic nitrogens is 1. The number of nitrogens with one attached hydrogen (secondary N) is 1. The van der Waals surface area contributed by atoms with E-state index in [1.54, 1.807) is 6.07 Å². The molecule has 2 aromatic rings. The van der Waals surface area contributed by atoms with Crippen LogP contribution in [0.4, 0.5) is 0 Å². The second-order valence-electron chi connectivity index (χ2n) is 3.05. The van der Waals surface area contributed by atoms with E-state index >= 15 is 0 Å². The fourth-order valence-corrected chi connectivity index (χ4v) is 1.75. The monoisotopic (exact) mass is 193 g/mol. The quantitative estimate of drug-likeness (QED) is 0.694. The molecule has 0 aliphatic heterocycles. The van der Waals surface area contributed by atoms with Crippen LogP contribution in [0.5, 0.6) is 0 Å². The summed E-state index contributed by atoms with van der Waals surface area (Å²) in [5.41, 5.74) is 2.48. The molecule has 0 amide bonds. The summed E-state index contributed by atoms with van der Waals surface area (Å²) in [6.07, 6.45) is 0.783. The van der Waals surface area contributed by atoms with E-state index in [4.69, 9.17) is 11.6 Å². The highest BCUT2D eigenvalue weighted by Crippen LogP contribution is 2.24. The van der Waals surface area contributed by atoms with Crippen molar-refractivity contribution in [3.8, 4) is 0 Å². The molecular formula is C10H8ClNO. The van der Waals surface area contributed by atoms with E-state index in [9.17, 15) is 4.79 Å². The second kappa shape index (κ2) is 2.89. The molecule has 0 fully saturated rings. The number of carbonyl (C=O) groups excluding carboxylic acids is 1. The molecule has 1 N–H and O–H groups in total.